The fourth-order valence-corrected chi connectivity index (χ4v) is 3.56. The van der Waals surface area contributed by atoms with Gasteiger partial charge in [-0.3, -0.25) is 4.79 Å². The molecular weight excluding hydrogens is 378 g/mol. The molecule has 0 aliphatic carbocycles. The van der Waals surface area contributed by atoms with Gasteiger partial charge in [-0.25, -0.2) is 4.79 Å². The Balaban J connectivity index is 2.13. The van der Waals surface area contributed by atoms with Crippen molar-refractivity contribution in [2.45, 2.75) is 19.3 Å². The van der Waals surface area contributed by atoms with Gasteiger partial charge in [-0.2, -0.15) is 0 Å². The molecule has 0 saturated heterocycles. The number of nitrogens with two attached hydrogens (primary N) is 1. The molecule has 3 N–H and O–H groups in total. The van der Waals surface area contributed by atoms with E-state index in [0.29, 0.717) is 17.9 Å². The number of aryl methyl sites for hydroxylation is 1. The molecule has 0 aromatic heterocycles. The standard InChI is InChI=1S/C21H23NO7/c1-11-8-16-17(29-10-28-16)9-14(11)12(6-7-22)19(23)13-4-5-15(26-2)20(27-3)18(13)21(24)25/h4-5,8-9,12H,6-7,10,22H2,1-3H3,(H,24,25). The van der Waals surface area contributed by atoms with E-state index in [9.17, 15) is 14.7 Å². The van der Waals surface area contributed by atoms with E-state index in [1.54, 1.807) is 12.1 Å². The lowest BCUT2D eigenvalue weighted by Gasteiger charge is -2.21. The Bertz CT molecular complexity index is 955. The average molecular weight is 401 g/mol. The average Bonchev–Trinajstić information content (AvgIpc) is 3.16. The molecule has 0 bridgehead atoms. The normalized spacial score (nSPS) is 13.1. The Kier molecular flexibility index (Phi) is 5.93. The summed E-state index contributed by atoms with van der Waals surface area (Å²) in [6.07, 6.45) is 0.340. The number of carboxylic acid groups (broad SMARTS) is 1. The Morgan fingerprint density at radius 1 is 1.17 bits per heavy atom. The van der Waals surface area contributed by atoms with Crippen LogP contribution < -0.4 is 24.7 Å². The van der Waals surface area contributed by atoms with Gasteiger partial charge in [0.15, 0.2) is 28.8 Å². The van der Waals surface area contributed by atoms with Crippen LogP contribution in [0.2, 0.25) is 0 Å². The van der Waals surface area contributed by atoms with Gasteiger partial charge in [-0.05, 0) is 55.3 Å². The zero-order valence-corrected chi connectivity index (χ0v) is 16.5. The first-order valence-corrected chi connectivity index (χ1v) is 9.05. The van der Waals surface area contributed by atoms with Gasteiger partial charge in [0.05, 0.1) is 14.2 Å². The van der Waals surface area contributed by atoms with E-state index in [4.69, 9.17) is 24.7 Å². The van der Waals surface area contributed by atoms with Gasteiger partial charge in [0.25, 0.3) is 0 Å². The first-order valence-electron chi connectivity index (χ1n) is 9.05. The molecule has 2 aromatic carbocycles. The van der Waals surface area contributed by atoms with Crippen LogP contribution in [0.1, 0.15) is 44.2 Å². The molecule has 29 heavy (non-hydrogen) atoms. The van der Waals surface area contributed by atoms with Crippen LogP contribution in [0.4, 0.5) is 0 Å². The predicted molar refractivity (Wildman–Crippen MR) is 105 cm³/mol. The van der Waals surface area contributed by atoms with Gasteiger partial charge in [-0.1, -0.05) is 0 Å². The number of methoxy groups -OCH3 is 2. The molecule has 8 heteroatoms. The van der Waals surface area contributed by atoms with Crippen molar-refractivity contribution in [3.8, 4) is 23.0 Å². The fraction of sp³-hybridized carbons (Fsp3) is 0.333. The molecule has 154 valence electrons. The van der Waals surface area contributed by atoms with Crippen molar-refractivity contribution in [1.82, 2.24) is 0 Å². The quantitative estimate of drug-likeness (QED) is 0.649. The summed E-state index contributed by atoms with van der Waals surface area (Å²) in [5, 5.41) is 9.76. The molecule has 1 unspecified atom stereocenters. The first kappa shape index (κ1) is 20.5. The van der Waals surface area contributed by atoms with Crippen molar-refractivity contribution in [3.63, 3.8) is 0 Å². The van der Waals surface area contributed by atoms with E-state index in [0.717, 1.165) is 11.1 Å². The summed E-state index contributed by atoms with van der Waals surface area (Å²) in [5.74, 6) is -0.899. The number of ether oxygens (including phenoxy) is 4. The van der Waals surface area contributed by atoms with Crippen molar-refractivity contribution < 1.29 is 33.6 Å². The third kappa shape index (κ3) is 3.71. The van der Waals surface area contributed by atoms with Crippen molar-refractivity contribution >= 4 is 11.8 Å². The van der Waals surface area contributed by atoms with Crippen molar-refractivity contribution in [2.24, 2.45) is 5.73 Å². The van der Waals surface area contributed by atoms with Gasteiger partial charge >= 0.3 is 5.97 Å². The fourth-order valence-electron chi connectivity index (χ4n) is 3.56. The smallest absolute Gasteiger partial charge is 0.340 e. The largest absolute Gasteiger partial charge is 0.493 e. The van der Waals surface area contributed by atoms with Crippen LogP contribution in [0.5, 0.6) is 23.0 Å². The molecular formula is C21H23NO7. The number of aromatic carboxylic acids is 1. The molecule has 1 aliphatic rings. The number of benzene rings is 2. The number of ketones is 1. The second kappa shape index (κ2) is 8.40. The van der Waals surface area contributed by atoms with Crippen LogP contribution in [0.25, 0.3) is 0 Å². The molecule has 0 fully saturated rings. The minimum Gasteiger partial charge on any atom is -0.493 e. The van der Waals surface area contributed by atoms with Gasteiger partial charge in [0, 0.05) is 11.5 Å². The monoisotopic (exact) mass is 401 g/mol. The lowest BCUT2D eigenvalue weighted by atomic mass is 9.84. The molecule has 0 amide bonds. The van der Waals surface area contributed by atoms with E-state index < -0.39 is 11.9 Å². The molecule has 0 saturated carbocycles. The molecule has 1 aliphatic heterocycles. The number of fused-ring (bicyclic) bond motifs is 1. The first-order chi connectivity index (χ1) is 13.9. The minimum absolute atomic E-state index is 0.000225. The summed E-state index contributed by atoms with van der Waals surface area (Å²) >= 11 is 0. The van der Waals surface area contributed by atoms with Gasteiger partial charge in [0.1, 0.15) is 5.56 Å². The Morgan fingerprint density at radius 3 is 2.45 bits per heavy atom. The Hall–Kier alpha value is -3.26. The molecule has 0 spiro atoms. The second-order valence-electron chi connectivity index (χ2n) is 6.59. The predicted octanol–water partition coefficient (Wildman–Crippen LogP) is 2.75. The molecule has 3 rings (SSSR count). The minimum atomic E-state index is -1.28. The van der Waals surface area contributed by atoms with Crippen LogP contribution in [0.3, 0.4) is 0 Å². The molecule has 1 atom stereocenters. The van der Waals surface area contributed by atoms with E-state index in [1.807, 2.05) is 6.92 Å². The van der Waals surface area contributed by atoms with E-state index >= 15 is 0 Å². The lowest BCUT2D eigenvalue weighted by Crippen LogP contribution is -2.21. The third-order valence-corrected chi connectivity index (χ3v) is 4.93. The maximum absolute atomic E-state index is 13.5. The van der Waals surface area contributed by atoms with E-state index in [2.05, 4.69) is 0 Å². The zero-order chi connectivity index (χ0) is 21.1. The highest BCUT2D eigenvalue weighted by molar-refractivity contribution is 6.10. The highest BCUT2D eigenvalue weighted by Crippen LogP contribution is 2.40. The summed E-state index contributed by atoms with van der Waals surface area (Å²) in [6.45, 7) is 2.23. The topological polar surface area (TPSA) is 117 Å². The van der Waals surface area contributed by atoms with Gasteiger partial charge in [-0.15, -0.1) is 0 Å². The molecule has 0 radical (unpaired) electrons. The lowest BCUT2D eigenvalue weighted by molar-refractivity contribution is 0.0686. The number of hydrogen-bond acceptors (Lipinski definition) is 7. The number of carbonyl (C=O) groups excluding carboxylic acids is 1. The highest BCUT2D eigenvalue weighted by atomic mass is 16.7. The van der Waals surface area contributed by atoms with Gasteiger partial charge in [0.2, 0.25) is 6.79 Å². The van der Waals surface area contributed by atoms with Crippen LogP contribution in [-0.2, 0) is 0 Å². The molecule has 1 heterocycles. The zero-order valence-electron chi connectivity index (χ0n) is 16.5. The number of carboxylic acids is 1. The van der Waals surface area contributed by atoms with Crippen molar-refractivity contribution in [1.29, 1.82) is 0 Å². The number of rotatable bonds is 8. The molecule has 2 aromatic rings. The van der Waals surface area contributed by atoms with Crippen molar-refractivity contribution in [2.75, 3.05) is 27.6 Å². The van der Waals surface area contributed by atoms with Crippen LogP contribution in [0.15, 0.2) is 24.3 Å². The van der Waals surface area contributed by atoms with Crippen LogP contribution in [0, 0.1) is 6.92 Å². The van der Waals surface area contributed by atoms with Crippen LogP contribution in [-0.4, -0.2) is 44.4 Å². The summed E-state index contributed by atoms with van der Waals surface area (Å²) < 4.78 is 21.2. The highest BCUT2D eigenvalue weighted by Gasteiger charge is 2.31. The summed E-state index contributed by atoms with van der Waals surface area (Å²) in [4.78, 5) is 25.5. The summed E-state index contributed by atoms with van der Waals surface area (Å²) in [5.41, 5.74) is 7.12. The Labute approximate surface area is 168 Å². The summed E-state index contributed by atoms with van der Waals surface area (Å²) in [7, 11) is 2.73. The number of hydrogen-bond donors (Lipinski definition) is 2. The summed E-state index contributed by atoms with van der Waals surface area (Å²) in [6, 6.07) is 6.53. The van der Waals surface area contributed by atoms with Crippen molar-refractivity contribution in [3.05, 3.63) is 46.5 Å². The second-order valence-corrected chi connectivity index (χ2v) is 6.59. The SMILES string of the molecule is COc1ccc(C(=O)C(CCN)c2cc3c(cc2C)OCO3)c(C(=O)O)c1OC. The van der Waals surface area contributed by atoms with Crippen LogP contribution >= 0.6 is 0 Å². The van der Waals surface area contributed by atoms with E-state index in [1.165, 1.54) is 26.4 Å². The maximum Gasteiger partial charge on any atom is 0.340 e. The Morgan fingerprint density at radius 2 is 1.86 bits per heavy atom. The number of Topliss-reactive ketones (excluding diaryl/α,β-unsaturated/α-hetero) is 1. The molecule has 8 nitrogen and oxygen atoms in total. The van der Waals surface area contributed by atoms with E-state index in [-0.39, 0.29) is 41.7 Å². The third-order valence-electron chi connectivity index (χ3n) is 4.93. The maximum atomic E-state index is 13.5. The van der Waals surface area contributed by atoms with Gasteiger partial charge < -0.3 is 29.8 Å². The number of carbonyl (C=O) groups is 2.